The number of rotatable bonds is 15. The van der Waals surface area contributed by atoms with Crippen LogP contribution in [0.25, 0.3) is 0 Å². The van der Waals surface area contributed by atoms with E-state index in [0.717, 1.165) is 26.1 Å². The second-order valence-corrected chi connectivity index (χ2v) is 6.79. The van der Waals surface area contributed by atoms with Gasteiger partial charge in [0, 0.05) is 12.5 Å². The summed E-state index contributed by atoms with van der Waals surface area (Å²) >= 11 is 0. The highest BCUT2D eigenvalue weighted by Crippen LogP contribution is 2.19. The Morgan fingerprint density at radius 3 is 2.05 bits per heavy atom. The second kappa shape index (κ2) is 14.0. The van der Waals surface area contributed by atoms with Gasteiger partial charge in [0.2, 0.25) is 0 Å². The summed E-state index contributed by atoms with van der Waals surface area (Å²) in [6, 6.07) is 0. The van der Waals surface area contributed by atoms with E-state index in [0.29, 0.717) is 5.92 Å². The molecule has 0 saturated heterocycles. The summed E-state index contributed by atoms with van der Waals surface area (Å²) in [4.78, 5) is 4.62. The first-order chi connectivity index (χ1) is 10.9. The minimum atomic E-state index is 0.639. The van der Waals surface area contributed by atoms with Gasteiger partial charge in [0.05, 0.1) is 12.4 Å². The third-order valence-corrected chi connectivity index (χ3v) is 4.75. The molecule has 22 heavy (non-hydrogen) atoms. The number of nitrogens with one attached hydrogen (secondary N) is 1. The molecule has 1 atom stereocenters. The predicted octanol–water partition coefficient (Wildman–Crippen LogP) is 4.65. The van der Waals surface area contributed by atoms with Crippen molar-refractivity contribution in [3.63, 3.8) is 0 Å². The summed E-state index contributed by atoms with van der Waals surface area (Å²) in [6.45, 7) is 5.09. The summed E-state index contributed by atoms with van der Waals surface area (Å²) in [5, 5.41) is 3.46. The maximum atomic E-state index is 5.67. The van der Waals surface area contributed by atoms with Crippen LogP contribution in [0.2, 0.25) is 0 Å². The average Bonchev–Trinajstić information content (AvgIpc) is 3.06. The van der Waals surface area contributed by atoms with Crippen molar-refractivity contribution in [1.82, 2.24) is 5.32 Å². The van der Waals surface area contributed by atoms with E-state index in [1.54, 1.807) is 0 Å². The van der Waals surface area contributed by atoms with Crippen LogP contribution in [0, 0.1) is 5.92 Å². The highest BCUT2D eigenvalue weighted by atomic mass is 15.1. The first kappa shape index (κ1) is 19.5. The van der Waals surface area contributed by atoms with Crippen LogP contribution in [-0.4, -0.2) is 25.5 Å². The highest BCUT2D eigenvalue weighted by Gasteiger charge is 2.17. The molecule has 0 saturated carbocycles. The molecular formula is C19H39N3. The standard InChI is InChI=1S/C19H39N3/c1-2-3-4-5-6-7-8-9-10-11-13-18(14-12-15-20)19-21-16-17-22-19/h18H,2-17,20H2,1H3,(H,21,22). The van der Waals surface area contributed by atoms with Crippen LogP contribution in [0.5, 0.6) is 0 Å². The molecule has 0 aromatic carbocycles. The molecule has 1 aliphatic rings. The molecule has 1 unspecified atom stereocenters. The molecule has 0 spiro atoms. The summed E-state index contributed by atoms with van der Waals surface area (Å²) < 4.78 is 0. The third-order valence-electron chi connectivity index (χ3n) is 4.75. The van der Waals surface area contributed by atoms with Crippen LogP contribution in [0.1, 0.15) is 90.4 Å². The fourth-order valence-electron chi connectivity index (χ4n) is 3.35. The van der Waals surface area contributed by atoms with Gasteiger partial charge < -0.3 is 11.1 Å². The molecule has 0 fully saturated rings. The van der Waals surface area contributed by atoms with E-state index < -0.39 is 0 Å². The fourth-order valence-corrected chi connectivity index (χ4v) is 3.35. The first-order valence-electron chi connectivity index (χ1n) is 9.86. The minimum Gasteiger partial charge on any atom is -0.372 e. The maximum absolute atomic E-state index is 5.67. The zero-order valence-electron chi connectivity index (χ0n) is 14.9. The molecule has 3 nitrogen and oxygen atoms in total. The molecule has 0 aliphatic carbocycles. The third kappa shape index (κ3) is 9.45. The molecule has 0 aromatic rings. The first-order valence-corrected chi connectivity index (χ1v) is 9.86. The topological polar surface area (TPSA) is 50.4 Å². The van der Waals surface area contributed by atoms with E-state index in [-0.39, 0.29) is 0 Å². The van der Waals surface area contributed by atoms with Crippen molar-refractivity contribution < 1.29 is 0 Å². The molecule has 0 radical (unpaired) electrons. The number of amidine groups is 1. The van der Waals surface area contributed by atoms with Gasteiger partial charge in [-0.2, -0.15) is 0 Å². The molecule has 0 aromatic heterocycles. The Morgan fingerprint density at radius 2 is 1.50 bits per heavy atom. The van der Waals surface area contributed by atoms with Gasteiger partial charge in [-0.3, -0.25) is 4.99 Å². The minimum absolute atomic E-state index is 0.639. The monoisotopic (exact) mass is 309 g/mol. The zero-order chi connectivity index (χ0) is 15.9. The molecule has 1 aliphatic heterocycles. The number of aliphatic imine (C=N–C) groups is 1. The number of nitrogens with zero attached hydrogens (tertiary/aromatic N) is 1. The van der Waals surface area contributed by atoms with Crippen LogP contribution in [0.3, 0.4) is 0 Å². The molecule has 0 amide bonds. The van der Waals surface area contributed by atoms with E-state index in [2.05, 4.69) is 17.2 Å². The fraction of sp³-hybridized carbons (Fsp3) is 0.947. The van der Waals surface area contributed by atoms with Crippen LogP contribution in [-0.2, 0) is 0 Å². The Kier molecular flexibility index (Phi) is 12.4. The normalized spacial score (nSPS) is 15.6. The van der Waals surface area contributed by atoms with E-state index >= 15 is 0 Å². The van der Waals surface area contributed by atoms with Crippen molar-refractivity contribution in [2.75, 3.05) is 19.6 Å². The Morgan fingerprint density at radius 1 is 0.909 bits per heavy atom. The average molecular weight is 310 g/mol. The zero-order valence-corrected chi connectivity index (χ0v) is 14.9. The van der Waals surface area contributed by atoms with Gasteiger partial charge in [-0.05, 0) is 25.8 Å². The lowest BCUT2D eigenvalue weighted by Crippen LogP contribution is -2.27. The van der Waals surface area contributed by atoms with Gasteiger partial charge in [-0.25, -0.2) is 0 Å². The van der Waals surface area contributed by atoms with Crippen molar-refractivity contribution in [1.29, 1.82) is 0 Å². The van der Waals surface area contributed by atoms with Crippen LogP contribution in [0.15, 0.2) is 4.99 Å². The molecule has 0 bridgehead atoms. The second-order valence-electron chi connectivity index (χ2n) is 6.79. The summed E-state index contributed by atoms with van der Waals surface area (Å²) in [5.74, 6) is 1.91. The van der Waals surface area contributed by atoms with Crippen LogP contribution in [0.4, 0.5) is 0 Å². The van der Waals surface area contributed by atoms with Gasteiger partial charge in [0.1, 0.15) is 0 Å². The molecule has 1 rings (SSSR count). The number of nitrogens with two attached hydrogens (primary N) is 1. The summed E-state index contributed by atoms with van der Waals surface area (Å²) in [6.07, 6.45) is 17.8. The van der Waals surface area contributed by atoms with Gasteiger partial charge in [-0.15, -0.1) is 0 Å². The molecule has 130 valence electrons. The summed E-state index contributed by atoms with van der Waals surface area (Å²) in [5.41, 5.74) is 5.67. The van der Waals surface area contributed by atoms with E-state index in [9.17, 15) is 0 Å². The molecule has 3 N–H and O–H groups in total. The van der Waals surface area contributed by atoms with Crippen molar-refractivity contribution in [2.24, 2.45) is 16.6 Å². The molecule has 3 heteroatoms. The lowest BCUT2D eigenvalue weighted by atomic mass is 9.94. The SMILES string of the molecule is CCCCCCCCCCCCC(CCCN)C1=NCCN1. The van der Waals surface area contributed by atoms with E-state index in [1.807, 2.05) is 0 Å². The molecule has 1 heterocycles. The lowest BCUT2D eigenvalue weighted by molar-refractivity contribution is 0.493. The predicted molar refractivity (Wildman–Crippen MR) is 98.5 cm³/mol. The number of hydrogen-bond acceptors (Lipinski definition) is 3. The van der Waals surface area contributed by atoms with E-state index in [1.165, 1.54) is 82.9 Å². The number of unbranched alkanes of at least 4 members (excludes halogenated alkanes) is 9. The van der Waals surface area contributed by atoms with Crippen molar-refractivity contribution >= 4 is 5.84 Å². The smallest absolute Gasteiger partial charge is 0.0995 e. The van der Waals surface area contributed by atoms with Gasteiger partial charge >= 0.3 is 0 Å². The quantitative estimate of drug-likeness (QED) is 0.432. The number of hydrogen-bond donors (Lipinski definition) is 2. The highest BCUT2D eigenvalue weighted by molar-refractivity contribution is 5.85. The Bertz CT molecular complexity index is 276. The summed E-state index contributed by atoms with van der Waals surface area (Å²) in [7, 11) is 0. The Balaban J connectivity index is 1.98. The van der Waals surface area contributed by atoms with E-state index in [4.69, 9.17) is 5.73 Å². The lowest BCUT2D eigenvalue weighted by Gasteiger charge is -2.17. The van der Waals surface area contributed by atoms with Gasteiger partial charge in [0.25, 0.3) is 0 Å². The Hall–Kier alpha value is -0.570. The van der Waals surface area contributed by atoms with Gasteiger partial charge in [0.15, 0.2) is 0 Å². The largest absolute Gasteiger partial charge is 0.372 e. The van der Waals surface area contributed by atoms with Crippen LogP contribution < -0.4 is 11.1 Å². The van der Waals surface area contributed by atoms with Crippen molar-refractivity contribution in [2.45, 2.75) is 90.4 Å². The van der Waals surface area contributed by atoms with Crippen LogP contribution >= 0.6 is 0 Å². The Labute approximate surface area is 138 Å². The maximum Gasteiger partial charge on any atom is 0.0995 e. The van der Waals surface area contributed by atoms with Crippen molar-refractivity contribution in [3.05, 3.63) is 0 Å². The van der Waals surface area contributed by atoms with Crippen molar-refractivity contribution in [3.8, 4) is 0 Å². The van der Waals surface area contributed by atoms with Gasteiger partial charge in [-0.1, -0.05) is 71.1 Å². The molecular weight excluding hydrogens is 270 g/mol.